The standard InChI is InChI=1S/C15H6B5F3N2O3/c16-13(17,18)14(19,20)25-11-10(27-12(25)26)6-5-9(24-11)7-1-3-8(4-2-7)28-15(21,22)23/h1-6H. The van der Waals surface area contributed by atoms with Crippen LogP contribution in [0.5, 0.6) is 5.75 Å². The van der Waals surface area contributed by atoms with Crippen LogP contribution in [-0.4, -0.2) is 55.1 Å². The summed E-state index contributed by atoms with van der Waals surface area (Å²) in [5.41, 5.74) is 0.605. The van der Waals surface area contributed by atoms with Crippen molar-refractivity contribution in [3.05, 3.63) is 46.9 Å². The first-order chi connectivity index (χ1) is 12.8. The van der Waals surface area contributed by atoms with E-state index in [1.54, 1.807) is 0 Å². The Morgan fingerprint density at radius 2 is 1.57 bits per heavy atom. The summed E-state index contributed by atoms with van der Waals surface area (Å²) >= 11 is 0. The number of alkyl halides is 3. The van der Waals surface area contributed by atoms with Crippen molar-refractivity contribution in [2.45, 2.75) is 16.8 Å². The lowest BCUT2D eigenvalue weighted by atomic mass is 9.26. The smallest absolute Gasteiger partial charge is 0.406 e. The summed E-state index contributed by atoms with van der Waals surface area (Å²) in [7, 11) is 28.3. The van der Waals surface area contributed by atoms with Crippen LogP contribution in [-0.2, 0) is 5.34 Å². The lowest BCUT2D eigenvalue weighted by Gasteiger charge is -2.42. The summed E-state index contributed by atoms with van der Waals surface area (Å²) in [5, 5.41) is -4.47. The van der Waals surface area contributed by atoms with Crippen LogP contribution in [0.15, 0.2) is 45.6 Å². The molecule has 0 N–H and O–H groups in total. The van der Waals surface area contributed by atoms with E-state index >= 15 is 0 Å². The van der Waals surface area contributed by atoms with Crippen molar-refractivity contribution in [2.75, 3.05) is 0 Å². The molecule has 0 aliphatic heterocycles. The molecule has 0 amide bonds. The van der Waals surface area contributed by atoms with E-state index in [1.807, 2.05) is 0 Å². The molecule has 0 atom stereocenters. The molecule has 0 unspecified atom stereocenters. The van der Waals surface area contributed by atoms with Crippen molar-refractivity contribution < 1.29 is 22.3 Å². The molecule has 1 aromatic carbocycles. The maximum absolute atomic E-state index is 12.3. The monoisotopic (exact) mass is 374 g/mol. The molecule has 3 aromatic rings. The molecule has 28 heavy (non-hydrogen) atoms. The normalized spacial score (nSPS) is 13.0. The highest BCUT2D eigenvalue weighted by Crippen LogP contribution is 2.32. The largest absolute Gasteiger partial charge is 0.573 e. The van der Waals surface area contributed by atoms with Crippen molar-refractivity contribution in [1.29, 1.82) is 0 Å². The predicted molar refractivity (Wildman–Crippen MR) is 99.8 cm³/mol. The van der Waals surface area contributed by atoms with E-state index in [9.17, 15) is 18.0 Å². The van der Waals surface area contributed by atoms with Crippen molar-refractivity contribution in [3.63, 3.8) is 0 Å². The minimum Gasteiger partial charge on any atom is -0.406 e. The van der Waals surface area contributed by atoms with Crippen molar-refractivity contribution in [1.82, 2.24) is 9.55 Å². The summed E-state index contributed by atoms with van der Waals surface area (Å²) < 4.78 is 46.3. The third-order valence-electron chi connectivity index (χ3n) is 3.88. The third kappa shape index (κ3) is 3.75. The summed E-state index contributed by atoms with van der Waals surface area (Å²) in [5.74, 6) is -1.40. The van der Waals surface area contributed by atoms with Crippen LogP contribution < -0.4 is 10.5 Å². The van der Waals surface area contributed by atoms with Gasteiger partial charge in [0.1, 0.15) is 5.75 Å². The summed E-state index contributed by atoms with van der Waals surface area (Å²) in [6, 6.07) is 7.78. The van der Waals surface area contributed by atoms with E-state index in [0.717, 1.165) is 12.1 Å². The highest BCUT2D eigenvalue weighted by atomic mass is 19.4. The quantitative estimate of drug-likeness (QED) is 0.643. The van der Waals surface area contributed by atoms with Crippen LogP contribution >= 0.6 is 0 Å². The van der Waals surface area contributed by atoms with Crippen LogP contribution in [0.3, 0.4) is 0 Å². The van der Waals surface area contributed by atoms with Gasteiger partial charge in [-0.05, 0) is 41.7 Å². The van der Waals surface area contributed by atoms with Crippen molar-refractivity contribution in [3.8, 4) is 17.0 Å². The Labute approximate surface area is 163 Å². The molecule has 13 heteroatoms. The van der Waals surface area contributed by atoms with E-state index in [2.05, 4.69) is 9.72 Å². The van der Waals surface area contributed by atoms with Gasteiger partial charge in [-0.2, -0.15) is 0 Å². The highest BCUT2D eigenvalue weighted by molar-refractivity contribution is 6.66. The van der Waals surface area contributed by atoms with Crippen LogP contribution in [0.4, 0.5) is 13.2 Å². The fraction of sp³-hybridized carbons (Fsp3) is 0.200. The number of aromatic nitrogens is 2. The number of fused-ring (bicyclic) bond motifs is 1. The second-order valence-electron chi connectivity index (χ2n) is 6.05. The molecule has 0 saturated heterocycles. The number of pyridine rings is 1. The first-order valence-corrected chi connectivity index (χ1v) is 7.63. The van der Waals surface area contributed by atoms with Gasteiger partial charge in [-0.15, -0.1) is 18.3 Å². The average molecular weight is 373 g/mol. The van der Waals surface area contributed by atoms with Gasteiger partial charge in [-0.1, -0.05) is 0 Å². The maximum atomic E-state index is 12.3. The van der Waals surface area contributed by atoms with Gasteiger partial charge in [0, 0.05) is 5.56 Å². The van der Waals surface area contributed by atoms with E-state index in [-0.39, 0.29) is 16.9 Å². The third-order valence-corrected chi connectivity index (χ3v) is 3.88. The molecule has 0 saturated carbocycles. The lowest BCUT2D eigenvalue weighted by Crippen LogP contribution is -2.51. The highest BCUT2D eigenvalue weighted by Gasteiger charge is 2.35. The fourth-order valence-electron chi connectivity index (χ4n) is 2.41. The molecule has 0 bridgehead atoms. The van der Waals surface area contributed by atoms with Gasteiger partial charge in [0.2, 0.25) is 0 Å². The Hall–Kier alpha value is -2.45. The molecule has 0 spiro atoms. The van der Waals surface area contributed by atoms with Crippen LogP contribution in [0.2, 0.25) is 5.11 Å². The van der Waals surface area contributed by atoms with E-state index in [4.69, 9.17) is 43.6 Å². The number of nitrogens with zero attached hydrogens (tertiary/aromatic N) is 2. The van der Waals surface area contributed by atoms with Gasteiger partial charge < -0.3 is 9.15 Å². The minimum atomic E-state index is -4.81. The van der Waals surface area contributed by atoms with Gasteiger partial charge in [-0.3, -0.25) is 4.57 Å². The first kappa shape index (κ1) is 20.3. The molecular formula is C15H6B5F3N2O3. The number of halogens is 3. The van der Waals surface area contributed by atoms with Gasteiger partial charge in [0.15, 0.2) is 11.2 Å². The second kappa shape index (κ2) is 6.56. The van der Waals surface area contributed by atoms with Crippen LogP contribution in [0, 0.1) is 0 Å². The number of ether oxygens (including phenoxy) is 1. The maximum Gasteiger partial charge on any atom is 0.573 e. The van der Waals surface area contributed by atoms with Gasteiger partial charge in [0.25, 0.3) is 0 Å². The summed E-state index contributed by atoms with van der Waals surface area (Å²) in [6.07, 6.45) is -4.81. The molecule has 2 aromatic heterocycles. The summed E-state index contributed by atoms with van der Waals surface area (Å²) in [6.45, 7) is 0. The zero-order chi connectivity index (χ0) is 20.9. The van der Waals surface area contributed by atoms with Crippen molar-refractivity contribution >= 4 is 50.5 Å². The van der Waals surface area contributed by atoms with Crippen molar-refractivity contribution in [2.24, 2.45) is 0 Å². The molecular weight excluding hydrogens is 367 g/mol. The lowest BCUT2D eigenvalue weighted by molar-refractivity contribution is -0.274. The van der Waals surface area contributed by atoms with Crippen LogP contribution in [0.1, 0.15) is 0 Å². The van der Waals surface area contributed by atoms with Crippen LogP contribution in [0.25, 0.3) is 22.5 Å². The SMILES string of the molecule is [B]C([B])([B])C([B])([B])n1c(=O)oc2ccc(-c3ccc(OC(F)(F)F)cc3)nc21. The molecule has 3 rings (SSSR count). The fourth-order valence-corrected chi connectivity index (χ4v) is 2.41. The number of benzene rings is 1. The zero-order valence-corrected chi connectivity index (χ0v) is 14.1. The number of hydrogen-bond acceptors (Lipinski definition) is 4. The Morgan fingerprint density at radius 3 is 2.11 bits per heavy atom. The Bertz CT molecular complexity index is 1070. The number of hydrogen-bond donors (Lipinski definition) is 0. The average Bonchev–Trinajstić information content (AvgIpc) is 2.88. The van der Waals surface area contributed by atoms with E-state index < -0.39 is 28.3 Å². The topological polar surface area (TPSA) is 57.3 Å². The van der Waals surface area contributed by atoms with Gasteiger partial charge in [0.05, 0.1) is 44.9 Å². The Balaban J connectivity index is 2.08. The molecule has 0 fully saturated rings. The molecule has 130 valence electrons. The van der Waals surface area contributed by atoms with Gasteiger partial charge >= 0.3 is 12.1 Å². The Morgan fingerprint density at radius 1 is 0.964 bits per heavy atom. The van der Waals surface area contributed by atoms with Gasteiger partial charge in [-0.25, -0.2) is 9.78 Å². The van der Waals surface area contributed by atoms with E-state index in [0.29, 0.717) is 10.1 Å². The zero-order valence-electron chi connectivity index (χ0n) is 14.1. The second-order valence-corrected chi connectivity index (χ2v) is 6.05. The molecule has 0 aliphatic carbocycles. The first-order valence-electron chi connectivity index (χ1n) is 7.63. The molecule has 2 heterocycles. The Kier molecular flexibility index (Phi) is 4.76. The molecule has 0 aliphatic rings. The molecule has 5 nitrogen and oxygen atoms in total. The number of oxazole rings is 1. The predicted octanol–water partition coefficient (Wildman–Crippen LogP) is 1.08. The number of rotatable bonds is 4. The van der Waals surface area contributed by atoms with E-state index in [1.165, 1.54) is 24.3 Å². The minimum absolute atomic E-state index is 0.0234. The molecule has 10 radical (unpaired) electrons. The summed E-state index contributed by atoms with van der Waals surface area (Å²) in [4.78, 5) is 16.4.